The standard InChI is InChI=1S/C16H19ClN2O2/c1-10-5-8-15(21-10)11(2)18-12-6-7-14(17)13(9-12)16(20)19(3)4/h5-9,11,18H,1-4H3. The first-order valence-corrected chi connectivity index (χ1v) is 7.10. The molecule has 2 rings (SSSR count). The van der Waals surface area contributed by atoms with Gasteiger partial charge in [0.15, 0.2) is 0 Å². The van der Waals surface area contributed by atoms with Crippen LogP contribution in [0.1, 0.15) is 34.8 Å². The highest BCUT2D eigenvalue weighted by Crippen LogP contribution is 2.25. The zero-order chi connectivity index (χ0) is 15.6. The van der Waals surface area contributed by atoms with E-state index in [1.165, 1.54) is 4.90 Å². The minimum atomic E-state index is -0.120. The number of furan rings is 1. The molecule has 21 heavy (non-hydrogen) atoms. The highest BCUT2D eigenvalue weighted by molar-refractivity contribution is 6.34. The fourth-order valence-corrected chi connectivity index (χ4v) is 2.23. The van der Waals surface area contributed by atoms with Crippen molar-refractivity contribution in [1.82, 2.24) is 4.90 Å². The zero-order valence-corrected chi connectivity index (χ0v) is 13.4. The number of hydrogen-bond donors (Lipinski definition) is 1. The van der Waals surface area contributed by atoms with Gasteiger partial charge in [-0.05, 0) is 44.2 Å². The monoisotopic (exact) mass is 306 g/mol. The first kappa shape index (κ1) is 15.4. The van der Waals surface area contributed by atoms with Crippen LogP contribution in [0.4, 0.5) is 5.69 Å². The predicted octanol–water partition coefficient (Wildman–Crippen LogP) is 4.12. The summed E-state index contributed by atoms with van der Waals surface area (Å²) >= 11 is 6.10. The maximum atomic E-state index is 12.1. The van der Waals surface area contributed by atoms with Gasteiger partial charge in [0.05, 0.1) is 16.6 Å². The smallest absolute Gasteiger partial charge is 0.254 e. The molecular weight excluding hydrogens is 288 g/mol. The van der Waals surface area contributed by atoms with Crippen molar-refractivity contribution in [3.8, 4) is 0 Å². The molecule has 0 aliphatic rings. The van der Waals surface area contributed by atoms with Gasteiger partial charge >= 0.3 is 0 Å². The average Bonchev–Trinajstić information content (AvgIpc) is 2.86. The highest BCUT2D eigenvalue weighted by Gasteiger charge is 2.15. The lowest BCUT2D eigenvalue weighted by Crippen LogP contribution is -2.22. The lowest BCUT2D eigenvalue weighted by atomic mass is 10.1. The van der Waals surface area contributed by atoms with Crippen LogP contribution in [-0.4, -0.2) is 24.9 Å². The van der Waals surface area contributed by atoms with Gasteiger partial charge in [0.25, 0.3) is 5.91 Å². The van der Waals surface area contributed by atoms with Crippen molar-refractivity contribution in [3.63, 3.8) is 0 Å². The summed E-state index contributed by atoms with van der Waals surface area (Å²) in [6.07, 6.45) is 0. The van der Waals surface area contributed by atoms with E-state index in [9.17, 15) is 4.79 Å². The summed E-state index contributed by atoms with van der Waals surface area (Å²) < 4.78 is 5.59. The molecule has 112 valence electrons. The molecule has 1 unspecified atom stereocenters. The Labute approximate surface area is 129 Å². The van der Waals surface area contributed by atoms with Crippen molar-refractivity contribution >= 4 is 23.2 Å². The summed E-state index contributed by atoms with van der Waals surface area (Å²) in [5.41, 5.74) is 1.31. The van der Waals surface area contributed by atoms with Crippen molar-refractivity contribution in [2.24, 2.45) is 0 Å². The Morgan fingerprint density at radius 1 is 1.29 bits per heavy atom. The van der Waals surface area contributed by atoms with Crippen molar-refractivity contribution in [1.29, 1.82) is 0 Å². The molecule has 5 heteroatoms. The van der Waals surface area contributed by atoms with E-state index in [4.69, 9.17) is 16.0 Å². The van der Waals surface area contributed by atoms with Gasteiger partial charge in [-0.25, -0.2) is 0 Å². The topological polar surface area (TPSA) is 45.5 Å². The van der Waals surface area contributed by atoms with E-state index in [2.05, 4.69) is 5.32 Å². The molecule has 0 aliphatic heterocycles. The molecule has 1 aromatic heterocycles. The zero-order valence-electron chi connectivity index (χ0n) is 12.6. The van der Waals surface area contributed by atoms with Crippen LogP contribution in [0.2, 0.25) is 5.02 Å². The first-order valence-electron chi connectivity index (χ1n) is 6.72. The fourth-order valence-electron chi connectivity index (χ4n) is 2.03. The van der Waals surface area contributed by atoms with E-state index in [1.807, 2.05) is 32.0 Å². The molecule has 1 amide bonds. The summed E-state index contributed by atoms with van der Waals surface area (Å²) in [4.78, 5) is 13.6. The van der Waals surface area contributed by atoms with Crippen LogP contribution < -0.4 is 5.32 Å². The van der Waals surface area contributed by atoms with Crippen LogP contribution in [0.5, 0.6) is 0 Å². The molecule has 0 radical (unpaired) electrons. The van der Waals surface area contributed by atoms with Crippen molar-refractivity contribution < 1.29 is 9.21 Å². The number of amides is 1. The Hall–Kier alpha value is -1.94. The number of anilines is 1. The summed E-state index contributed by atoms with van der Waals surface area (Å²) in [6, 6.07) is 9.20. The SMILES string of the molecule is Cc1ccc(C(C)Nc2ccc(Cl)c(C(=O)N(C)C)c2)o1. The molecule has 0 spiro atoms. The van der Waals surface area contributed by atoms with Gasteiger partial charge in [-0.2, -0.15) is 0 Å². The fraction of sp³-hybridized carbons (Fsp3) is 0.312. The Morgan fingerprint density at radius 3 is 2.57 bits per heavy atom. The van der Waals surface area contributed by atoms with Crippen LogP contribution >= 0.6 is 11.6 Å². The highest BCUT2D eigenvalue weighted by atomic mass is 35.5. The van der Waals surface area contributed by atoms with E-state index in [-0.39, 0.29) is 11.9 Å². The molecule has 1 N–H and O–H groups in total. The Balaban J connectivity index is 2.21. The third-order valence-corrected chi connectivity index (χ3v) is 3.50. The first-order chi connectivity index (χ1) is 9.88. The molecule has 0 aliphatic carbocycles. The number of carbonyl (C=O) groups excluding carboxylic acids is 1. The second-order valence-corrected chi connectivity index (χ2v) is 5.62. The molecule has 1 heterocycles. The minimum absolute atomic E-state index is 0.00202. The number of aryl methyl sites for hydroxylation is 1. The molecule has 0 fully saturated rings. The Kier molecular flexibility index (Phi) is 4.58. The molecule has 2 aromatic rings. The normalized spacial score (nSPS) is 12.0. The number of nitrogens with one attached hydrogen (secondary N) is 1. The van der Waals surface area contributed by atoms with Gasteiger partial charge in [0.1, 0.15) is 11.5 Å². The summed E-state index contributed by atoms with van der Waals surface area (Å²) in [5.74, 6) is 1.60. The van der Waals surface area contributed by atoms with Crippen molar-refractivity contribution in [2.45, 2.75) is 19.9 Å². The van der Waals surface area contributed by atoms with Gasteiger partial charge in [-0.3, -0.25) is 4.79 Å². The van der Waals surface area contributed by atoms with Gasteiger partial charge in [0.2, 0.25) is 0 Å². The number of carbonyl (C=O) groups is 1. The largest absolute Gasteiger partial charge is 0.464 e. The molecule has 1 atom stereocenters. The summed E-state index contributed by atoms with van der Waals surface area (Å²) in [6.45, 7) is 3.91. The van der Waals surface area contributed by atoms with Crippen LogP contribution in [0.15, 0.2) is 34.7 Å². The average molecular weight is 307 g/mol. The second-order valence-electron chi connectivity index (χ2n) is 5.21. The van der Waals surface area contributed by atoms with E-state index < -0.39 is 0 Å². The lowest BCUT2D eigenvalue weighted by Gasteiger charge is -2.16. The molecule has 0 saturated carbocycles. The maximum absolute atomic E-state index is 12.1. The van der Waals surface area contributed by atoms with Crippen molar-refractivity contribution in [3.05, 3.63) is 52.4 Å². The maximum Gasteiger partial charge on any atom is 0.254 e. The molecule has 1 aromatic carbocycles. The summed E-state index contributed by atoms with van der Waals surface area (Å²) in [7, 11) is 3.40. The van der Waals surface area contributed by atoms with Crippen LogP contribution in [0, 0.1) is 6.92 Å². The molecule has 0 bridgehead atoms. The van der Waals surface area contributed by atoms with Gasteiger partial charge < -0.3 is 14.6 Å². The number of hydrogen-bond acceptors (Lipinski definition) is 3. The van der Waals surface area contributed by atoms with E-state index >= 15 is 0 Å². The van der Waals surface area contributed by atoms with E-state index in [0.29, 0.717) is 10.6 Å². The van der Waals surface area contributed by atoms with Gasteiger partial charge in [-0.1, -0.05) is 11.6 Å². The Bertz CT molecular complexity index is 649. The van der Waals surface area contributed by atoms with Crippen LogP contribution in [0.3, 0.4) is 0 Å². The molecule has 4 nitrogen and oxygen atoms in total. The molecule has 0 saturated heterocycles. The lowest BCUT2D eigenvalue weighted by molar-refractivity contribution is 0.0828. The number of nitrogens with zero attached hydrogens (tertiary/aromatic N) is 1. The van der Waals surface area contributed by atoms with Crippen molar-refractivity contribution in [2.75, 3.05) is 19.4 Å². The molecular formula is C16H19ClN2O2. The van der Waals surface area contributed by atoms with Gasteiger partial charge in [-0.15, -0.1) is 0 Å². The second kappa shape index (κ2) is 6.22. The number of benzene rings is 1. The quantitative estimate of drug-likeness (QED) is 0.924. The van der Waals surface area contributed by atoms with E-state index in [1.54, 1.807) is 26.2 Å². The predicted molar refractivity (Wildman–Crippen MR) is 85.0 cm³/mol. The van der Waals surface area contributed by atoms with Crippen LogP contribution in [0.25, 0.3) is 0 Å². The Morgan fingerprint density at radius 2 is 2.00 bits per heavy atom. The van der Waals surface area contributed by atoms with Gasteiger partial charge in [0, 0.05) is 19.8 Å². The number of halogens is 1. The van der Waals surface area contributed by atoms with E-state index in [0.717, 1.165) is 17.2 Å². The third kappa shape index (κ3) is 3.58. The summed E-state index contributed by atoms with van der Waals surface area (Å²) in [5, 5.41) is 3.75. The van der Waals surface area contributed by atoms with Crippen LogP contribution in [-0.2, 0) is 0 Å². The number of rotatable bonds is 4. The third-order valence-electron chi connectivity index (χ3n) is 3.17. The minimum Gasteiger partial charge on any atom is -0.464 e.